The van der Waals surface area contributed by atoms with Gasteiger partial charge in [-0.3, -0.25) is 4.79 Å². The molecule has 0 unspecified atom stereocenters. The first-order chi connectivity index (χ1) is 16.7. The highest BCUT2D eigenvalue weighted by Gasteiger charge is 2.22. The standard InChI is InChI=1S/C25H27ClN6O2/c26-15-1-3-19-18(13-15)23(28-16-5-7-27-8-6-16)22(25(33)31-19)24-29-20-4-2-17(14-21(20)30-24)32-9-11-34-12-10-32/h1-4,13-14,16,27H,5-12H2,(H,29,30)(H2,28,31,33). The van der Waals surface area contributed by atoms with Gasteiger partial charge in [0.1, 0.15) is 11.4 Å². The highest BCUT2D eigenvalue weighted by molar-refractivity contribution is 6.31. The van der Waals surface area contributed by atoms with Crippen LogP contribution in [0, 0.1) is 0 Å². The lowest BCUT2D eigenvalue weighted by molar-refractivity contribution is 0.122. The number of fused-ring (bicyclic) bond motifs is 2. The smallest absolute Gasteiger partial charge is 0.261 e. The van der Waals surface area contributed by atoms with Crippen LogP contribution in [0.2, 0.25) is 5.02 Å². The highest BCUT2D eigenvalue weighted by Crippen LogP contribution is 2.34. The summed E-state index contributed by atoms with van der Waals surface area (Å²) in [4.78, 5) is 26.9. The summed E-state index contributed by atoms with van der Waals surface area (Å²) in [5, 5.41) is 8.57. The maximum Gasteiger partial charge on any atom is 0.261 e. The molecular formula is C25H27ClN6O2. The van der Waals surface area contributed by atoms with Gasteiger partial charge in [-0.1, -0.05) is 11.6 Å². The summed E-state index contributed by atoms with van der Waals surface area (Å²) < 4.78 is 5.48. The van der Waals surface area contributed by atoms with Gasteiger partial charge in [-0.2, -0.15) is 0 Å². The summed E-state index contributed by atoms with van der Waals surface area (Å²) in [6, 6.07) is 12.0. The van der Waals surface area contributed by atoms with Crippen molar-refractivity contribution in [3.05, 3.63) is 51.8 Å². The second-order valence-electron chi connectivity index (χ2n) is 8.95. The van der Waals surface area contributed by atoms with Crippen molar-refractivity contribution in [2.24, 2.45) is 0 Å². The molecule has 0 bridgehead atoms. The van der Waals surface area contributed by atoms with Crippen LogP contribution in [0.1, 0.15) is 12.8 Å². The molecule has 2 aliphatic rings. The van der Waals surface area contributed by atoms with E-state index in [-0.39, 0.29) is 11.6 Å². The predicted octanol–water partition coefficient (Wildman–Crippen LogP) is 3.73. The van der Waals surface area contributed by atoms with Gasteiger partial charge in [0, 0.05) is 35.2 Å². The van der Waals surface area contributed by atoms with Gasteiger partial charge >= 0.3 is 0 Å². The maximum atomic E-state index is 13.3. The monoisotopic (exact) mass is 478 g/mol. The Bertz CT molecular complexity index is 1400. The second-order valence-corrected chi connectivity index (χ2v) is 9.39. The Morgan fingerprint density at radius 1 is 1.03 bits per heavy atom. The predicted molar refractivity (Wildman–Crippen MR) is 137 cm³/mol. The molecule has 8 nitrogen and oxygen atoms in total. The van der Waals surface area contributed by atoms with E-state index < -0.39 is 0 Å². The van der Waals surface area contributed by atoms with Crippen molar-refractivity contribution < 1.29 is 4.74 Å². The summed E-state index contributed by atoms with van der Waals surface area (Å²) in [6.07, 6.45) is 1.97. The van der Waals surface area contributed by atoms with Gasteiger partial charge < -0.3 is 30.2 Å². The molecule has 6 rings (SSSR count). The van der Waals surface area contributed by atoms with Crippen molar-refractivity contribution in [3.8, 4) is 11.4 Å². The van der Waals surface area contributed by atoms with Crippen LogP contribution in [0.15, 0.2) is 41.2 Å². The molecule has 0 radical (unpaired) electrons. The lowest BCUT2D eigenvalue weighted by Gasteiger charge is -2.28. The van der Waals surface area contributed by atoms with Gasteiger partial charge in [0.15, 0.2) is 0 Å². The van der Waals surface area contributed by atoms with E-state index in [0.29, 0.717) is 16.4 Å². The first kappa shape index (κ1) is 21.5. The zero-order chi connectivity index (χ0) is 23.1. The van der Waals surface area contributed by atoms with Crippen molar-refractivity contribution in [2.45, 2.75) is 18.9 Å². The van der Waals surface area contributed by atoms with Gasteiger partial charge in [0.25, 0.3) is 5.56 Å². The summed E-state index contributed by atoms with van der Waals surface area (Å²) >= 11 is 6.36. The third-order valence-corrected chi connectivity index (χ3v) is 6.98. The minimum Gasteiger partial charge on any atom is -0.381 e. The number of hydrogen-bond donors (Lipinski definition) is 4. The van der Waals surface area contributed by atoms with Crippen molar-refractivity contribution in [2.75, 3.05) is 49.6 Å². The molecule has 0 spiro atoms. The van der Waals surface area contributed by atoms with E-state index >= 15 is 0 Å². The molecular weight excluding hydrogens is 452 g/mol. The molecule has 2 aromatic heterocycles. The molecule has 2 aliphatic heterocycles. The summed E-state index contributed by atoms with van der Waals surface area (Å²) in [5.74, 6) is 0.550. The number of nitrogens with zero attached hydrogens (tertiary/aromatic N) is 2. The molecule has 34 heavy (non-hydrogen) atoms. The quantitative estimate of drug-likeness (QED) is 0.357. The lowest BCUT2D eigenvalue weighted by atomic mass is 10.0. The first-order valence-corrected chi connectivity index (χ1v) is 12.2. The van der Waals surface area contributed by atoms with E-state index in [1.807, 2.05) is 18.2 Å². The van der Waals surface area contributed by atoms with Crippen LogP contribution in [-0.2, 0) is 4.74 Å². The number of hydrogen-bond acceptors (Lipinski definition) is 6. The number of morpholine rings is 1. The van der Waals surface area contributed by atoms with Gasteiger partial charge in [-0.05, 0) is 62.3 Å². The van der Waals surface area contributed by atoms with Crippen molar-refractivity contribution in [1.82, 2.24) is 20.3 Å². The molecule has 0 saturated carbocycles. The molecule has 0 atom stereocenters. The number of aromatic nitrogens is 3. The van der Waals surface area contributed by atoms with Crippen molar-refractivity contribution in [1.29, 1.82) is 0 Å². The molecule has 4 aromatic rings. The Hall–Kier alpha value is -3.07. The topological polar surface area (TPSA) is 98.1 Å². The Morgan fingerprint density at radius 3 is 2.68 bits per heavy atom. The summed E-state index contributed by atoms with van der Waals surface area (Å²) in [6.45, 7) is 5.08. The molecule has 4 N–H and O–H groups in total. The van der Waals surface area contributed by atoms with Crippen LogP contribution in [-0.4, -0.2) is 60.4 Å². The number of imidazole rings is 1. The first-order valence-electron chi connectivity index (χ1n) is 11.8. The van der Waals surface area contributed by atoms with Gasteiger partial charge in [0.2, 0.25) is 0 Å². The zero-order valence-electron chi connectivity index (χ0n) is 18.8. The number of anilines is 2. The number of pyridine rings is 1. The van der Waals surface area contributed by atoms with E-state index in [0.717, 1.165) is 85.5 Å². The minimum absolute atomic E-state index is 0.182. The highest BCUT2D eigenvalue weighted by atomic mass is 35.5. The van der Waals surface area contributed by atoms with E-state index in [4.69, 9.17) is 21.3 Å². The number of H-pyrrole nitrogens is 2. The molecule has 2 aromatic carbocycles. The molecule has 4 heterocycles. The molecule has 176 valence electrons. The number of aromatic amines is 2. The SMILES string of the molecule is O=c1[nH]c2ccc(Cl)cc2c(NC2CCNCC2)c1-c1nc2ccc(N3CCOCC3)cc2[nH]1. The van der Waals surface area contributed by atoms with E-state index in [1.165, 1.54) is 0 Å². The Labute approximate surface area is 201 Å². The normalized spacial score (nSPS) is 17.5. The summed E-state index contributed by atoms with van der Waals surface area (Å²) in [7, 11) is 0. The fourth-order valence-electron chi connectivity index (χ4n) is 4.95. The van der Waals surface area contributed by atoms with Crippen LogP contribution < -0.4 is 21.1 Å². The van der Waals surface area contributed by atoms with E-state index in [2.05, 4.69) is 37.6 Å². The summed E-state index contributed by atoms with van der Waals surface area (Å²) in [5.41, 5.74) is 4.71. The molecule has 0 aliphatic carbocycles. The van der Waals surface area contributed by atoms with E-state index in [9.17, 15) is 4.79 Å². The maximum absolute atomic E-state index is 13.3. The third kappa shape index (κ3) is 4.02. The van der Waals surface area contributed by atoms with Crippen molar-refractivity contribution >= 4 is 44.9 Å². The lowest BCUT2D eigenvalue weighted by Crippen LogP contribution is -2.36. The number of halogens is 1. The van der Waals surface area contributed by atoms with Crippen LogP contribution in [0.4, 0.5) is 11.4 Å². The number of nitrogens with one attached hydrogen (secondary N) is 4. The van der Waals surface area contributed by atoms with E-state index in [1.54, 1.807) is 6.07 Å². The number of rotatable bonds is 4. The number of piperidine rings is 1. The number of benzene rings is 2. The van der Waals surface area contributed by atoms with Gasteiger partial charge in [-0.15, -0.1) is 0 Å². The van der Waals surface area contributed by atoms with Crippen LogP contribution >= 0.6 is 11.6 Å². The fourth-order valence-corrected chi connectivity index (χ4v) is 5.12. The average Bonchev–Trinajstić information content (AvgIpc) is 3.28. The zero-order valence-corrected chi connectivity index (χ0v) is 19.5. The molecule has 2 fully saturated rings. The Kier molecular flexibility index (Phi) is 5.64. The van der Waals surface area contributed by atoms with Crippen molar-refractivity contribution in [3.63, 3.8) is 0 Å². The third-order valence-electron chi connectivity index (χ3n) is 6.74. The molecule has 9 heteroatoms. The van der Waals surface area contributed by atoms with Crippen LogP contribution in [0.25, 0.3) is 33.3 Å². The van der Waals surface area contributed by atoms with Crippen LogP contribution in [0.5, 0.6) is 0 Å². The van der Waals surface area contributed by atoms with Crippen LogP contribution in [0.3, 0.4) is 0 Å². The Balaban J connectivity index is 1.48. The Morgan fingerprint density at radius 2 is 1.85 bits per heavy atom. The minimum atomic E-state index is -0.182. The average molecular weight is 479 g/mol. The molecule has 2 saturated heterocycles. The second kappa shape index (κ2) is 8.94. The molecule has 0 amide bonds. The van der Waals surface area contributed by atoms with Gasteiger partial charge in [0.05, 0.1) is 35.5 Å². The van der Waals surface area contributed by atoms with Gasteiger partial charge in [-0.25, -0.2) is 4.98 Å². The fraction of sp³-hybridized carbons (Fsp3) is 0.360. The largest absolute Gasteiger partial charge is 0.381 e. The number of ether oxygens (including phenoxy) is 1.